The number of carbonyl (C=O) groups is 3. The first kappa shape index (κ1) is 24.3. The van der Waals surface area contributed by atoms with Crippen LogP contribution < -0.4 is 14.2 Å². The summed E-state index contributed by atoms with van der Waals surface area (Å²) in [6.07, 6.45) is 1.51. The number of amides is 2. The third-order valence-electron chi connectivity index (χ3n) is 5.40. The molecule has 10 nitrogen and oxygen atoms in total. The first-order chi connectivity index (χ1) is 17.8. The van der Waals surface area contributed by atoms with Crippen LogP contribution in [0.1, 0.15) is 21.5 Å². The van der Waals surface area contributed by atoms with Crippen LogP contribution in [-0.2, 0) is 11.3 Å². The maximum absolute atomic E-state index is 13.0. The van der Waals surface area contributed by atoms with E-state index in [-0.39, 0.29) is 35.2 Å². The van der Waals surface area contributed by atoms with Gasteiger partial charge in [-0.1, -0.05) is 29.8 Å². The van der Waals surface area contributed by atoms with Gasteiger partial charge < -0.3 is 14.2 Å². The number of nitrogens with zero attached hydrogens (tertiary/aromatic N) is 2. The monoisotopic (exact) mass is 538 g/mol. The third kappa shape index (κ3) is 5.13. The highest BCUT2D eigenvalue weighted by atomic mass is 35.5. The Bertz CT molecular complexity index is 1510. The summed E-state index contributed by atoms with van der Waals surface area (Å²) >= 11 is 7.07. The molecule has 0 atom stereocenters. The third-order valence-corrected chi connectivity index (χ3v) is 6.66. The van der Waals surface area contributed by atoms with Crippen molar-refractivity contribution in [3.05, 3.63) is 97.4 Å². The average Bonchev–Trinajstić information content (AvgIpc) is 3.43. The van der Waals surface area contributed by atoms with Crippen LogP contribution in [0.25, 0.3) is 6.08 Å². The minimum absolute atomic E-state index is 0.0166. The Hall–Kier alpha value is -4.35. The Labute approximate surface area is 218 Å². The zero-order chi connectivity index (χ0) is 26.1. The fourth-order valence-corrected chi connectivity index (χ4v) is 4.67. The topological polar surface area (TPSA) is 125 Å². The molecule has 2 heterocycles. The molecule has 0 saturated carbocycles. The fourth-order valence-electron chi connectivity index (χ4n) is 3.62. The summed E-state index contributed by atoms with van der Waals surface area (Å²) in [4.78, 5) is 49.6. The number of nitro groups is 1. The number of thioether (sulfide) groups is 1. The van der Waals surface area contributed by atoms with Gasteiger partial charge in [-0.05, 0) is 53.2 Å². The number of non-ortho nitro benzene ring substituents is 1. The lowest BCUT2D eigenvalue weighted by Gasteiger charge is -2.14. The zero-order valence-corrected chi connectivity index (χ0v) is 20.3. The van der Waals surface area contributed by atoms with Crippen molar-refractivity contribution in [3.8, 4) is 17.2 Å². The molecule has 2 aliphatic rings. The van der Waals surface area contributed by atoms with Crippen molar-refractivity contribution in [2.45, 2.75) is 6.54 Å². The van der Waals surface area contributed by atoms with Crippen molar-refractivity contribution in [3.63, 3.8) is 0 Å². The molecule has 2 aliphatic heterocycles. The lowest BCUT2D eigenvalue weighted by Crippen LogP contribution is -2.27. The lowest BCUT2D eigenvalue weighted by molar-refractivity contribution is -0.384. The minimum Gasteiger partial charge on any atom is -0.454 e. The Morgan fingerprint density at radius 1 is 1.11 bits per heavy atom. The van der Waals surface area contributed by atoms with Crippen LogP contribution in [-0.4, -0.2) is 33.7 Å². The maximum atomic E-state index is 13.0. The number of esters is 1. The predicted octanol–water partition coefficient (Wildman–Crippen LogP) is 5.43. The van der Waals surface area contributed by atoms with Crippen LogP contribution >= 0.6 is 23.4 Å². The molecular weight excluding hydrogens is 524 g/mol. The van der Waals surface area contributed by atoms with Crippen LogP contribution in [0.15, 0.2) is 65.6 Å². The molecule has 37 heavy (non-hydrogen) atoms. The van der Waals surface area contributed by atoms with E-state index in [1.165, 1.54) is 36.4 Å². The minimum atomic E-state index is -0.776. The fraction of sp³-hybridized carbons (Fsp3) is 0.0800. The Balaban J connectivity index is 1.31. The van der Waals surface area contributed by atoms with Gasteiger partial charge in [-0.25, -0.2) is 4.79 Å². The normalized spacial score (nSPS) is 15.4. The van der Waals surface area contributed by atoms with Crippen molar-refractivity contribution in [1.82, 2.24) is 4.90 Å². The highest BCUT2D eigenvalue weighted by Crippen LogP contribution is 2.39. The summed E-state index contributed by atoms with van der Waals surface area (Å²) in [7, 11) is 0. The second-order valence-corrected chi connectivity index (χ2v) is 9.23. The van der Waals surface area contributed by atoms with E-state index in [1.54, 1.807) is 24.3 Å². The molecule has 2 amide bonds. The zero-order valence-electron chi connectivity index (χ0n) is 18.7. The molecule has 0 bridgehead atoms. The van der Waals surface area contributed by atoms with E-state index in [0.29, 0.717) is 27.6 Å². The van der Waals surface area contributed by atoms with Gasteiger partial charge in [-0.2, -0.15) is 0 Å². The summed E-state index contributed by atoms with van der Waals surface area (Å²) in [6, 6.07) is 14.7. The second kappa shape index (κ2) is 9.96. The smallest absolute Gasteiger partial charge is 0.343 e. The van der Waals surface area contributed by atoms with Gasteiger partial charge in [0.1, 0.15) is 5.75 Å². The van der Waals surface area contributed by atoms with Crippen molar-refractivity contribution >= 4 is 52.2 Å². The molecule has 3 aromatic carbocycles. The van der Waals surface area contributed by atoms with Crippen LogP contribution in [0.5, 0.6) is 17.2 Å². The van der Waals surface area contributed by atoms with Gasteiger partial charge in [0.15, 0.2) is 11.5 Å². The van der Waals surface area contributed by atoms with E-state index in [1.807, 2.05) is 0 Å². The Kier molecular flexibility index (Phi) is 6.55. The SMILES string of the molecule is O=C(Oc1cccc(/C=C2\SC(=O)N(Cc3cc4c(cc3Cl)OCO4)C2=O)c1)c1cccc([N+](=O)[O-])c1. The van der Waals surface area contributed by atoms with Crippen LogP contribution in [0, 0.1) is 10.1 Å². The summed E-state index contributed by atoms with van der Waals surface area (Å²) in [5.74, 6) is -0.131. The molecular formula is C25H15ClN2O8S. The standard InChI is InChI=1S/C25H15ClN2O8S/c26-19-11-21-20(34-13-35-21)10-16(19)12-27-23(29)22(37-25(27)31)8-14-3-1-6-18(7-14)36-24(30)15-4-2-5-17(9-15)28(32)33/h1-11H,12-13H2/b22-8-. The van der Waals surface area contributed by atoms with Crippen molar-refractivity contribution in [2.75, 3.05) is 6.79 Å². The van der Waals surface area contributed by atoms with Gasteiger partial charge in [0, 0.05) is 23.2 Å². The number of hydrogen-bond acceptors (Lipinski definition) is 9. The quantitative estimate of drug-likeness (QED) is 0.133. The van der Waals surface area contributed by atoms with Gasteiger partial charge in [0.2, 0.25) is 6.79 Å². The summed E-state index contributed by atoms with van der Waals surface area (Å²) in [5.41, 5.74) is 0.823. The molecule has 0 aromatic heterocycles. The number of ether oxygens (including phenoxy) is 3. The molecule has 0 unspecified atom stereocenters. The second-order valence-electron chi connectivity index (χ2n) is 7.83. The van der Waals surface area contributed by atoms with Gasteiger partial charge >= 0.3 is 5.97 Å². The molecule has 0 aliphatic carbocycles. The number of fused-ring (bicyclic) bond motifs is 1. The van der Waals surface area contributed by atoms with Crippen LogP contribution in [0.2, 0.25) is 5.02 Å². The van der Waals surface area contributed by atoms with E-state index in [2.05, 4.69) is 0 Å². The molecule has 12 heteroatoms. The van der Waals surface area contributed by atoms with Crippen LogP contribution in [0.3, 0.4) is 0 Å². The maximum Gasteiger partial charge on any atom is 0.343 e. The van der Waals surface area contributed by atoms with E-state index in [9.17, 15) is 24.5 Å². The summed E-state index contributed by atoms with van der Waals surface area (Å²) in [5, 5.41) is 10.8. The van der Waals surface area contributed by atoms with Gasteiger partial charge in [0.05, 0.1) is 21.9 Å². The number of halogens is 1. The van der Waals surface area contributed by atoms with Gasteiger partial charge in [0.25, 0.3) is 16.8 Å². The molecule has 0 radical (unpaired) electrons. The lowest BCUT2D eigenvalue weighted by atomic mass is 10.1. The van der Waals surface area contributed by atoms with E-state index >= 15 is 0 Å². The first-order valence-electron chi connectivity index (χ1n) is 10.7. The molecule has 5 rings (SSSR count). The molecule has 1 saturated heterocycles. The highest BCUT2D eigenvalue weighted by Gasteiger charge is 2.35. The number of carbonyl (C=O) groups excluding carboxylic acids is 3. The van der Waals surface area contributed by atoms with Gasteiger partial charge in [-0.3, -0.25) is 24.6 Å². The van der Waals surface area contributed by atoms with E-state index in [4.69, 9.17) is 25.8 Å². The van der Waals surface area contributed by atoms with Crippen molar-refractivity contribution < 1.29 is 33.5 Å². The summed E-state index contributed by atoms with van der Waals surface area (Å²) in [6.45, 7) is 0.0252. The first-order valence-corrected chi connectivity index (χ1v) is 11.9. The van der Waals surface area contributed by atoms with Crippen LogP contribution in [0.4, 0.5) is 10.5 Å². The number of hydrogen-bond donors (Lipinski definition) is 0. The molecule has 186 valence electrons. The van der Waals surface area contributed by atoms with Crippen molar-refractivity contribution in [1.29, 1.82) is 0 Å². The number of imide groups is 1. The number of benzene rings is 3. The molecule has 0 spiro atoms. The Morgan fingerprint density at radius 2 is 1.86 bits per heavy atom. The summed E-state index contributed by atoms with van der Waals surface area (Å²) < 4.78 is 16.0. The van der Waals surface area contributed by atoms with E-state index in [0.717, 1.165) is 22.7 Å². The number of rotatable bonds is 6. The van der Waals surface area contributed by atoms with E-state index < -0.39 is 22.0 Å². The highest BCUT2D eigenvalue weighted by molar-refractivity contribution is 8.18. The average molecular weight is 539 g/mol. The van der Waals surface area contributed by atoms with Gasteiger partial charge in [-0.15, -0.1) is 0 Å². The molecule has 3 aromatic rings. The molecule has 0 N–H and O–H groups in total. The predicted molar refractivity (Wildman–Crippen MR) is 134 cm³/mol. The molecule has 1 fully saturated rings. The largest absolute Gasteiger partial charge is 0.454 e. The van der Waals surface area contributed by atoms with Crippen molar-refractivity contribution in [2.24, 2.45) is 0 Å². The Morgan fingerprint density at radius 3 is 2.65 bits per heavy atom. The number of nitro benzene ring substituents is 1.